The Balaban J connectivity index is 2.22. The Bertz CT molecular complexity index is 604. The second-order valence-corrected chi connectivity index (χ2v) is 7.48. The van der Waals surface area contributed by atoms with Gasteiger partial charge in [-0.05, 0) is 43.4 Å². The maximum atomic E-state index is 12.4. The van der Waals surface area contributed by atoms with E-state index in [1.54, 1.807) is 19.1 Å². The molecule has 112 valence electrons. The van der Waals surface area contributed by atoms with E-state index < -0.39 is 10.2 Å². The number of halogens is 1. The fraction of sp³-hybridized carbons (Fsp3) is 0.538. The summed E-state index contributed by atoms with van der Waals surface area (Å²) in [6, 6.07) is 3.22. The molecule has 3 N–H and O–H groups in total. The molecule has 1 unspecified atom stereocenters. The molecule has 0 aromatic heterocycles. The average Bonchev–Trinajstić information content (AvgIpc) is 2.36. The monoisotopic (exact) mass is 317 g/mol. The van der Waals surface area contributed by atoms with E-state index in [1.165, 1.54) is 4.31 Å². The van der Waals surface area contributed by atoms with Crippen LogP contribution in [0, 0.1) is 12.8 Å². The Morgan fingerprint density at radius 1 is 1.45 bits per heavy atom. The van der Waals surface area contributed by atoms with Crippen molar-refractivity contribution in [1.82, 2.24) is 4.31 Å². The van der Waals surface area contributed by atoms with Gasteiger partial charge in [0.15, 0.2) is 0 Å². The van der Waals surface area contributed by atoms with E-state index in [-0.39, 0.29) is 0 Å². The second-order valence-electron chi connectivity index (χ2n) is 5.40. The first kappa shape index (κ1) is 15.4. The lowest BCUT2D eigenvalue weighted by atomic mass is 10.0. The van der Waals surface area contributed by atoms with E-state index in [4.69, 9.17) is 17.3 Å². The summed E-state index contributed by atoms with van der Waals surface area (Å²) in [4.78, 5) is 0. The normalized spacial score (nSPS) is 20.9. The molecule has 0 saturated carbocycles. The van der Waals surface area contributed by atoms with E-state index in [1.807, 2.05) is 0 Å². The SMILES string of the molecule is Cc1cc(N)c(Cl)cc1NS(=O)(=O)N1CCCC(C)C1. The molecule has 0 amide bonds. The van der Waals surface area contributed by atoms with Gasteiger partial charge in [-0.3, -0.25) is 4.72 Å². The van der Waals surface area contributed by atoms with Gasteiger partial charge in [0.25, 0.3) is 0 Å². The van der Waals surface area contributed by atoms with Crippen molar-refractivity contribution < 1.29 is 8.42 Å². The number of hydrogen-bond acceptors (Lipinski definition) is 3. The van der Waals surface area contributed by atoms with Crippen LogP contribution in [0.3, 0.4) is 0 Å². The molecule has 1 heterocycles. The zero-order valence-corrected chi connectivity index (χ0v) is 13.3. The van der Waals surface area contributed by atoms with Crippen molar-refractivity contribution in [2.45, 2.75) is 26.7 Å². The highest BCUT2D eigenvalue weighted by atomic mass is 35.5. The smallest absolute Gasteiger partial charge is 0.301 e. The molecule has 1 fully saturated rings. The predicted molar refractivity (Wildman–Crippen MR) is 83.1 cm³/mol. The fourth-order valence-electron chi connectivity index (χ4n) is 2.38. The number of benzene rings is 1. The van der Waals surface area contributed by atoms with Crippen LogP contribution in [0.2, 0.25) is 5.02 Å². The Labute approximate surface area is 125 Å². The minimum Gasteiger partial charge on any atom is -0.398 e. The molecule has 1 aliphatic heterocycles. The molecule has 2 rings (SSSR count). The molecule has 1 aliphatic rings. The van der Waals surface area contributed by atoms with Crippen molar-refractivity contribution in [3.05, 3.63) is 22.7 Å². The first-order valence-corrected chi connectivity index (χ1v) is 8.45. The highest BCUT2D eigenvalue weighted by molar-refractivity contribution is 7.90. The number of nitrogens with one attached hydrogen (secondary N) is 1. The number of nitrogens with zero attached hydrogens (tertiary/aromatic N) is 1. The summed E-state index contributed by atoms with van der Waals surface area (Å²) in [5.74, 6) is 0.386. The van der Waals surface area contributed by atoms with Crippen LogP contribution in [-0.4, -0.2) is 25.8 Å². The fourth-order valence-corrected chi connectivity index (χ4v) is 3.99. The Morgan fingerprint density at radius 3 is 2.80 bits per heavy atom. The van der Waals surface area contributed by atoms with Gasteiger partial charge in [-0.1, -0.05) is 18.5 Å². The van der Waals surface area contributed by atoms with Crippen LogP contribution in [0.5, 0.6) is 0 Å². The van der Waals surface area contributed by atoms with E-state index in [0.29, 0.717) is 35.4 Å². The van der Waals surface area contributed by atoms with Gasteiger partial charge >= 0.3 is 10.2 Å². The van der Waals surface area contributed by atoms with Crippen LogP contribution in [0.15, 0.2) is 12.1 Å². The number of anilines is 2. The molecule has 0 spiro atoms. The third-order valence-corrected chi connectivity index (χ3v) is 5.36. The standard InChI is InChI=1S/C13H20ClN3O2S/c1-9-4-3-5-17(8-9)20(18,19)16-13-7-11(14)12(15)6-10(13)2/h6-7,9,16H,3-5,8,15H2,1-2H3. The lowest BCUT2D eigenvalue weighted by Crippen LogP contribution is -2.42. The molecule has 0 radical (unpaired) electrons. The van der Waals surface area contributed by atoms with Crippen molar-refractivity contribution in [3.63, 3.8) is 0 Å². The molecule has 1 saturated heterocycles. The van der Waals surface area contributed by atoms with Crippen molar-refractivity contribution in [3.8, 4) is 0 Å². The summed E-state index contributed by atoms with van der Waals surface area (Å²) >= 11 is 5.95. The largest absolute Gasteiger partial charge is 0.398 e. The summed E-state index contributed by atoms with van der Waals surface area (Å²) in [6.45, 7) is 4.97. The summed E-state index contributed by atoms with van der Waals surface area (Å²) in [6.07, 6.45) is 1.96. The maximum Gasteiger partial charge on any atom is 0.301 e. The quantitative estimate of drug-likeness (QED) is 0.841. The lowest BCUT2D eigenvalue weighted by Gasteiger charge is -2.30. The van der Waals surface area contributed by atoms with Gasteiger partial charge in [0.2, 0.25) is 0 Å². The van der Waals surface area contributed by atoms with E-state index >= 15 is 0 Å². The van der Waals surface area contributed by atoms with Crippen LogP contribution >= 0.6 is 11.6 Å². The van der Waals surface area contributed by atoms with Crippen LogP contribution in [0.1, 0.15) is 25.3 Å². The summed E-state index contributed by atoms with van der Waals surface area (Å²) in [5.41, 5.74) is 7.36. The number of hydrogen-bond donors (Lipinski definition) is 2. The van der Waals surface area contributed by atoms with Gasteiger partial charge in [0.1, 0.15) is 0 Å². The molecule has 1 atom stereocenters. The number of nitrogens with two attached hydrogens (primary N) is 1. The second kappa shape index (κ2) is 5.79. The molecule has 0 bridgehead atoms. The number of nitrogen functional groups attached to an aromatic ring is 1. The molecule has 0 aliphatic carbocycles. The van der Waals surface area contributed by atoms with Gasteiger partial charge in [0, 0.05) is 13.1 Å². The first-order valence-electron chi connectivity index (χ1n) is 6.63. The maximum absolute atomic E-state index is 12.4. The zero-order valence-electron chi connectivity index (χ0n) is 11.7. The molecule has 7 heteroatoms. The average molecular weight is 318 g/mol. The van der Waals surface area contributed by atoms with Crippen molar-refractivity contribution >= 4 is 33.2 Å². The van der Waals surface area contributed by atoms with E-state index in [2.05, 4.69) is 11.6 Å². The zero-order chi connectivity index (χ0) is 14.9. The van der Waals surface area contributed by atoms with Crippen molar-refractivity contribution in [2.24, 2.45) is 5.92 Å². The van der Waals surface area contributed by atoms with Gasteiger partial charge in [-0.25, -0.2) is 0 Å². The molecule has 1 aromatic carbocycles. The minimum absolute atomic E-state index is 0.348. The van der Waals surface area contributed by atoms with E-state index in [9.17, 15) is 8.42 Å². The summed E-state index contributed by atoms with van der Waals surface area (Å²) < 4.78 is 28.9. The van der Waals surface area contributed by atoms with E-state index in [0.717, 1.165) is 18.4 Å². The Morgan fingerprint density at radius 2 is 2.15 bits per heavy atom. The topological polar surface area (TPSA) is 75.4 Å². The van der Waals surface area contributed by atoms with Crippen LogP contribution in [-0.2, 0) is 10.2 Å². The lowest BCUT2D eigenvalue weighted by molar-refractivity contribution is 0.282. The summed E-state index contributed by atoms with van der Waals surface area (Å²) in [5, 5.41) is 0.348. The van der Waals surface area contributed by atoms with Crippen molar-refractivity contribution in [2.75, 3.05) is 23.5 Å². The van der Waals surface area contributed by atoms with Gasteiger partial charge in [-0.2, -0.15) is 12.7 Å². The third-order valence-electron chi connectivity index (χ3n) is 3.54. The minimum atomic E-state index is -3.54. The van der Waals surface area contributed by atoms with Gasteiger partial charge in [0.05, 0.1) is 16.4 Å². The third kappa shape index (κ3) is 3.37. The van der Waals surface area contributed by atoms with Crippen molar-refractivity contribution in [1.29, 1.82) is 0 Å². The predicted octanol–water partition coefficient (Wildman–Crippen LogP) is 2.62. The van der Waals surface area contributed by atoms with Crippen LogP contribution < -0.4 is 10.5 Å². The van der Waals surface area contributed by atoms with Crippen LogP contribution in [0.25, 0.3) is 0 Å². The number of aryl methyl sites for hydroxylation is 1. The number of rotatable bonds is 3. The molecular formula is C13H20ClN3O2S. The highest BCUT2D eigenvalue weighted by Gasteiger charge is 2.27. The molecule has 5 nitrogen and oxygen atoms in total. The summed E-state index contributed by atoms with van der Waals surface area (Å²) in [7, 11) is -3.54. The number of piperidine rings is 1. The van der Waals surface area contributed by atoms with Gasteiger partial charge < -0.3 is 5.73 Å². The highest BCUT2D eigenvalue weighted by Crippen LogP contribution is 2.28. The molecule has 20 heavy (non-hydrogen) atoms. The molecule has 1 aromatic rings. The Kier molecular flexibility index (Phi) is 4.46. The van der Waals surface area contributed by atoms with Gasteiger partial charge in [-0.15, -0.1) is 0 Å². The first-order chi connectivity index (χ1) is 9.29. The molecular weight excluding hydrogens is 298 g/mol. The Hall–Kier alpha value is -0.980. The van der Waals surface area contributed by atoms with Crippen LogP contribution in [0.4, 0.5) is 11.4 Å².